The molecule has 1 saturated heterocycles. The number of nitrogens with zero attached hydrogens (tertiary/aromatic N) is 2. The van der Waals surface area contributed by atoms with Crippen molar-refractivity contribution in [2.24, 2.45) is 4.99 Å². The SMILES string of the molecule is CCNC(=NCc1ccc2c(c1)OCO2)NC1CCN(CC(F)(F)F)C1. The van der Waals surface area contributed by atoms with Crippen molar-refractivity contribution in [2.75, 3.05) is 33.0 Å². The fourth-order valence-corrected chi connectivity index (χ4v) is 3.07. The molecule has 2 N–H and O–H groups in total. The van der Waals surface area contributed by atoms with Gasteiger partial charge >= 0.3 is 6.18 Å². The maximum absolute atomic E-state index is 12.5. The number of aliphatic imine (C=N–C) groups is 1. The molecule has 0 amide bonds. The Morgan fingerprint density at radius 2 is 2.12 bits per heavy atom. The minimum absolute atomic E-state index is 0.0492. The largest absolute Gasteiger partial charge is 0.454 e. The molecule has 0 aromatic heterocycles. The second-order valence-corrected chi connectivity index (χ2v) is 6.36. The highest BCUT2D eigenvalue weighted by Crippen LogP contribution is 2.32. The van der Waals surface area contributed by atoms with Crippen LogP contribution in [-0.4, -0.2) is 56.0 Å². The third kappa shape index (κ3) is 5.17. The van der Waals surface area contributed by atoms with Gasteiger partial charge in [0.1, 0.15) is 0 Å². The molecule has 1 unspecified atom stereocenters. The summed E-state index contributed by atoms with van der Waals surface area (Å²) >= 11 is 0. The average molecular weight is 372 g/mol. The average Bonchev–Trinajstić information content (AvgIpc) is 3.20. The molecule has 2 heterocycles. The van der Waals surface area contributed by atoms with Crippen LogP contribution in [0.1, 0.15) is 18.9 Å². The van der Waals surface area contributed by atoms with Gasteiger partial charge in [-0.2, -0.15) is 13.2 Å². The van der Waals surface area contributed by atoms with Gasteiger partial charge in [0.15, 0.2) is 17.5 Å². The molecule has 6 nitrogen and oxygen atoms in total. The molecule has 1 aromatic carbocycles. The van der Waals surface area contributed by atoms with E-state index in [4.69, 9.17) is 9.47 Å². The van der Waals surface area contributed by atoms with Crippen LogP contribution in [0.15, 0.2) is 23.2 Å². The van der Waals surface area contributed by atoms with Crippen LogP contribution in [-0.2, 0) is 6.54 Å². The number of nitrogens with one attached hydrogen (secondary N) is 2. The summed E-state index contributed by atoms with van der Waals surface area (Å²) in [5.41, 5.74) is 0.969. The first-order valence-electron chi connectivity index (χ1n) is 8.65. The van der Waals surface area contributed by atoms with Crippen LogP contribution >= 0.6 is 0 Å². The van der Waals surface area contributed by atoms with Crippen molar-refractivity contribution in [1.82, 2.24) is 15.5 Å². The highest BCUT2D eigenvalue weighted by molar-refractivity contribution is 5.80. The van der Waals surface area contributed by atoms with Crippen molar-refractivity contribution in [3.8, 4) is 11.5 Å². The van der Waals surface area contributed by atoms with Gasteiger partial charge in [0.2, 0.25) is 6.79 Å². The predicted molar refractivity (Wildman–Crippen MR) is 91.4 cm³/mol. The molecule has 0 bridgehead atoms. The first kappa shape index (κ1) is 18.6. The molecule has 0 radical (unpaired) electrons. The lowest BCUT2D eigenvalue weighted by molar-refractivity contribution is -0.143. The lowest BCUT2D eigenvalue weighted by Gasteiger charge is -2.19. The van der Waals surface area contributed by atoms with E-state index in [1.54, 1.807) is 0 Å². The molecule has 0 spiro atoms. The minimum Gasteiger partial charge on any atom is -0.454 e. The standard InChI is InChI=1S/C17H23F3N4O2/c1-2-21-16(23-13-5-6-24(9-13)10-17(18,19)20)22-8-12-3-4-14-15(7-12)26-11-25-14/h3-4,7,13H,2,5-6,8-11H2,1H3,(H2,21,22,23). The zero-order chi connectivity index (χ0) is 18.6. The Bertz CT molecular complexity index is 651. The smallest absolute Gasteiger partial charge is 0.401 e. The predicted octanol–water partition coefficient (Wildman–Crippen LogP) is 2.11. The van der Waals surface area contributed by atoms with Gasteiger partial charge in [-0.15, -0.1) is 0 Å². The van der Waals surface area contributed by atoms with Crippen LogP contribution in [0.5, 0.6) is 11.5 Å². The maximum atomic E-state index is 12.5. The summed E-state index contributed by atoms with van der Waals surface area (Å²) in [6.45, 7) is 3.20. The van der Waals surface area contributed by atoms with Crippen LogP contribution in [0.25, 0.3) is 0 Å². The first-order chi connectivity index (χ1) is 12.4. The number of benzene rings is 1. The third-order valence-electron chi connectivity index (χ3n) is 4.22. The summed E-state index contributed by atoms with van der Waals surface area (Å²) < 4.78 is 48.1. The van der Waals surface area contributed by atoms with Crippen molar-refractivity contribution < 1.29 is 22.6 Å². The van der Waals surface area contributed by atoms with Crippen LogP contribution in [0.3, 0.4) is 0 Å². The Balaban J connectivity index is 1.56. The van der Waals surface area contributed by atoms with Crippen LogP contribution in [0.2, 0.25) is 0 Å². The lowest BCUT2D eigenvalue weighted by atomic mass is 10.2. The Morgan fingerprint density at radius 3 is 2.88 bits per heavy atom. The number of ether oxygens (including phenoxy) is 2. The normalized spacial score (nSPS) is 20.5. The van der Waals surface area contributed by atoms with E-state index in [0.29, 0.717) is 44.3 Å². The van der Waals surface area contributed by atoms with Gasteiger partial charge in [-0.25, -0.2) is 4.99 Å². The van der Waals surface area contributed by atoms with Crippen molar-refractivity contribution in [1.29, 1.82) is 0 Å². The molecule has 144 valence electrons. The van der Waals surface area contributed by atoms with Crippen molar-refractivity contribution in [3.05, 3.63) is 23.8 Å². The number of likely N-dealkylation sites (tertiary alicyclic amines) is 1. The fraction of sp³-hybridized carbons (Fsp3) is 0.588. The number of hydrogen-bond acceptors (Lipinski definition) is 4. The molecule has 0 aliphatic carbocycles. The van der Waals surface area contributed by atoms with Crippen molar-refractivity contribution in [2.45, 2.75) is 32.1 Å². The Kier molecular flexibility index (Phi) is 5.75. The van der Waals surface area contributed by atoms with Crippen LogP contribution < -0.4 is 20.1 Å². The van der Waals surface area contributed by atoms with Gasteiger partial charge in [0.25, 0.3) is 0 Å². The summed E-state index contributed by atoms with van der Waals surface area (Å²) in [7, 11) is 0. The third-order valence-corrected chi connectivity index (χ3v) is 4.22. The van der Waals surface area contributed by atoms with Crippen molar-refractivity contribution in [3.63, 3.8) is 0 Å². The highest BCUT2D eigenvalue weighted by atomic mass is 19.4. The second-order valence-electron chi connectivity index (χ2n) is 6.36. The Hall–Kier alpha value is -2.16. The number of halogens is 3. The van der Waals surface area contributed by atoms with Gasteiger partial charge in [-0.1, -0.05) is 6.07 Å². The molecule has 2 aliphatic heterocycles. The summed E-state index contributed by atoms with van der Waals surface area (Å²) in [6, 6.07) is 5.60. The fourth-order valence-electron chi connectivity index (χ4n) is 3.07. The monoisotopic (exact) mass is 372 g/mol. The van der Waals surface area contributed by atoms with E-state index in [-0.39, 0.29) is 12.8 Å². The summed E-state index contributed by atoms with van der Waals surface area (Å²) in [6.07, 6.45) is -3.50. The van der Waals surface area contributed by atoms with E-state index < -0.39 is 12.7 Å². The Morgan fingerprint density at radius 1 is 1.31 bits per heavy atom. The Labute approximate surface area is 150 Å². The molecule has 1 atom stereocenters. The minimum atomic E-state index is -4.16. The zero-order valence-electron chi connectivity index (χ0n) is 14.6. The van der Waals surface area contributed by atoms with Crippen LogP contribution in [0.4, 0.5) is 13.2 Å². The van der Waals surface area contributed by atoms with Gasteiger partial charge in [-0.3, -0.25) is 4.90 Å². The summed E-state index contributed by atoms with van der Waals surface area (Å²) in [5.74, 6) is 2.02. The molecular formula is C17H23F3N4O2. The van der Waals surface area contributed by atoms with E-state index in [2.05, 4.69) is 15.6 Å². The molecular weight excluding hydrogens is 349 g/mol. The number of hydrogen-bond donors (Lipinski definition) is 2. The summed E-state index contributed by atoms with van der Waals surface area (Å²) in [5, 5.41) is 6.37. The second kappa shape index (κ2) is 8.03. The number of alkyl halides is 3. The van der Waals surface area contributed by atoms with Gasteiger partial charge in [0, 0.05) is 25.7 Å². The van der Waals surface area contributed by atoms with Crippen molar-refractivity contribution >= 4 is 5.96 Å². The zero-order valence-corrected chi connectivity index (χ0v) is 14.6. The quantitative estimate of drug-likeness (QED) is 0.613. The number of rotatable bonds is 5. The van der Waals surface area contributed by atoms with E-state index in [0.717, 1.165) is 11.3 Å². The van der Waals surface area contributed by atoms with Gasteiger partial charge in [-0.05, 0) is 31.0 Å². The van der Waals surface area contributed by atoms with E-state index in [1.165, 1.54) is 4.90 Å². The lowest BCUT2D eigenvalue weighted by Crippen LogP contribution is -2.45. The molecule has 3 rings (SSSR count). The maximum Gasteiger partial charge on any atom is 0.401 e. The first-order valence-corrected chi connectivity index (χ1v) is 8.65. The molecule has 1 aromatic rings. The summed E-state index contributed by atoms with van der Waals surface area (Å²) in [4.78, 5) is 5.95. The van der Waals surface area contributed by atoms with E-state index in [9.17, 15) is 13.2 Å². The molecule has 9 heteroatoms. The van der Waals surface area contributed by atoms with Crippen LogP contribution in [0, 0.1) is 0 Å². The number of guanidine groups is 1. The van der Waals surface area contributed by atoms with E-state index >= 15 is 0 Å². The molecule has 0 saturated carbocycles. The molecule has 26 heavy (non-hydrogen) atoms. The van der Waals surface area contributed by atoms with E-state index in [1.807, 2.05) is 25.1 Å². The van der Waals surface area contributed by atoms with Gasteiger partial charge < -0.3 is 20.1 Å². The molecule has 2 aliphatic rings. The number of fused-ring (bicyclic) bond motifs is 1. The highest BCUT2D eigenvalue weighted by Gasteiger charge is 2.34. The molecule has 1 fully saturated rings. The van der Waals surface area contributed by atoms with Gasteiger partial charge in [0.05, 0.1) is 13.1 Å². The topological polar surface area (TPSA) is 58.1 Å².